The molecule has 2 fully saturated rings. The van der Waals surface area contributed by atoms with E-state index in [-0.39, 0.29) is 36.0 Å². The molecule has 0 bridgehead atoms. The number of ether oxygens (including phenoxy) is 2. The highest BCUT2D eigenvalue weighted by atomic mass is 16.7. The zero-order chi connectivity index (χ0) is 18.8. The normalized spacial score (nSPS) is 31.7. The van der Waals surface area contributed by atoms with Gasteiger partial charge >= 0.3 is 12.1 Å². The number of fused-ring (bicyclic) bond motifs is 1. The smallest absolute Gasteiger partial charge is 0.407 e. The summed E-state index contributed by atoms with van der Waals surface area (Å²) in [5.41, 5.74) is 2.55. The van der Waals surface area contributed by atoms with Crippen LogP contribution in [0.5, 0.6) is 0 Å². The van der Waals surface area contributed by atoms with E-state index in [1.165, 1.54) is 7.11 Å². The van der Waals surface area contributed by atoms with Crippen molar-refractivity contribution in [2.45, 2.75) is 77.7 Å². The van der Waals surface area contributed by atoms with Gasteiger partial charge in [-0.3, -0.25) is 9.63 Å². The van der Waals surface area contributed by atoms with Crippen molar-refractivity contribution in [3.05, 3.63) is 0 Å². The summed E-state index contributed by atoms with van der Waals surface area (Å²) in [6, 6.07) is -0.0980. The van der Waals surface area contributed by atoms with Crippen LogP contribution in [0.2, 0.25) is 0 Å². The van der Waals surface area contributed by atoms with Gasteiger partial charge in [-0.15, -0.1) is 0 Å². The zero-order valence-electron chi connectivity index (χ0n) is 16.1. The second-order valence-electron chi connectivity index (χ2n) is 8.00. The molecule has 0 aromatic heterocycles. The molecule has 0 spiro atoms. The topological polar surface area (TPSA) is 85.9 Å². The molecule has 1 saturated heterocycles. The minimum Gasteiger partial charge on any atom is -0.469 e. The van der Waals surface area contributed by atoms with Crippen molar-refractivity contribution in [2.24, 2.45) is 17.8 Å². The lowest BCUT2D eigenvalue weighted by atomic mass is 9.82. The fourth-order valence-electron chi connectivity index (χ4n) is 4.12. The summed E-state index contributed by atoms with van der Waals surface area (Å²) in [6.07, 6.45) is 1.75. The fourth-order valence-corrected chi connectivity index (χ4v) is 4.12. The summed E-state index contributed by atoms with van der Waals surface area (Å²) in [4.78, 5) is 30.2. The zero-order valence-corrected chi connectivity index (χ0v) is 16.1. The first-order valence-corrected chi connectivity index (χ1v) is 9.20. The lowest BCUT2D eigenvalue weighted by molar-refractivity contribution is -0.150. The molecule has 25 heavy (non-hydrogen) atoms. The van der Waals surface area contributed by atoms with Crippen molar-refractivity contribution in [1.82, 2.24) is 10.8 Å². The lowest BCUT2D eigenvalue weighted by Gasteiger charge is -2.30. The molecular formula is C18H32N2O5. The summed E-state index contributed by atoms with van der Waals surface area (Å²) in [7, 11) is 1.38. The number of alkyl carbamates (subject to hydrolysis) is 1. The van der Waals surface area contributed by atoms with Gasteiger partial charge in [-0.25, -0.2) is 4.79 Å². The molecule has 1 heterocycles. The number of carbonyl (C=O) groups excluding carboxylic acids is 2. The maximum atomic E-state index is 12.3. The molecule has 5 atom stereocenters. The minimum atomic E-state index is -0.566. The molecule has 1 aliphatic carbocycles. The second kappa shape index (κ2) is 7.91. The van der Waals surface area contributed by atoms with E-state index in [2.05, 4.69) is 24.6 Å². The van der Waals surface area contributed by atoms with Gasteiger partial charge in [0, 0.05) is 18.0 Å². The molecule has 2 N–H and O–H groups in total. The number of hydroxylamine groups is 1. The Morgan fingerprint density at radius 2 is 1.92 bits per heavy atom. The number of amides is 1. The van der Waals surface area contributed by atoms with Crippen LogP contribution in [0.1, 0.15) is 53.9 Å². The molecule has 2 aliphatic rings. The van der Waals surface area contributed by atoms with Gasteiger partial charge in [-0.1, -0.05) is 26.7 Å². The highest BCUT2D eigenvalue weighted by Crippen LogP contribution is 2.43. The summed E-state index contributed by atoms with van der Waals surface area (Å²) < 4.78 is 10.3. The Balaban J connectivity index is 2.18. The second-order valence-corrected chi connectivity index (χ2v) is 8.00. The van der Waals surface area contributed by atoms with Crippen molar-refractivity contribution in [3.63, 3.8) is 0 Å². The first-order valence-electron chi connectivity index (χ1n) is 9.20. The predicted octanol–water partition coefficient (Wildman–Crippen LogP) is 2.40. The molecule has 0 aromatic carbocycles. The molecule has 1 aliphatic heterocycles. The molecule has 1 unspecified atom stereocenters. The van der Waals surface area contributed by atoms with Crippen molar-refractivity contribution in [1.29, 1.82) is 0 Å². The Hall–Kier alpha value is -1.34. The molecule has 0 aromatic rings. The first-order chi connectivity index (χ1) is 11.7. The average molecular weight is 356 g/mol. The van der Waals surface area contributed by atoms with E-state index in [0.29, 0.717) is 12.3 Å². The SMILES string of the molecule is CCC(CC)C1NO[C@H]2[C@@H]1[C@H](NC(=O)OC(C)(C)C)C[C@@H]2C(=O)OC. The molecule has 7 nitrogen and oxygen atoms in total. The third kappa shape index (κ3) is 4.44. The van der Waals surface area contributed by atoms with Crippen LogP contribution in [0.25, 0.3) is 0 Å². The van der Waals surface area contributed by atoms with Crippen LogP contribution in [0.4, 0.5) is 4.79 Å². The number of methoxy groups -OCH3 is 1. The molecule has 0 radical (unpaired) electrons. The molecule has 1 saturated carbocycles. The van der Waals surface area contributed by atoms with Gasteiger partial charge in [0.1, 0.15) is 5.60 Å². The molecule has 7 heteroatoms. The first kappa shape index (κ1) is 20.0. The molecule has 144 valence electrons. The van der Waals surface area contributed by atoms with Crippen LogP contribution in [0, 0.1) is 17.8 Å². The lowest BCUT2D eigenvalue weighted by Crippen LogP contribution is -2.47. The van der Waals surface area contributed by atoms with E-state index in [4.69, 9.17) is 14.3 Å². The Kier molecular flexibility index (Phi) is 6.32. The van der Waals surface area contributed by atoms with Crippen molar-refractivity contribution < 1.29 is 23.9 Å². The van der Waals surface area contributed by atoms with Crippen LogP contribution in [-0.2, 0) is 19.1 Å². The minimum absolute atomic E-state index is 0.0153. The van der Waals surface area contributed by atoms with Crippen molar-refractivity contribution in [2.75, 3.05) is 7.11 Å². The van der Waals surface area contributed by atoms with Gasteiger partial charge < -0.3 is 14.8 Å². The number of carbonyl (C=O) groups is 2. The third-order valence-electron chi connectivity index (χ3n) is 5.27. The maximum absolute atomic E-state index is 12.3. The van der Waals surface area contributed by atoms with E-state index in [0.717, 1.165) is 12.8 Å². The Labute approximate surface area is 150 Å². The van der Waals surface area contributed by atoms with Crippen molar-refractivity contribution in [3.8, 4) is 0 Å². The summed E-state index contributed by atoms with van der Waals surface area (Å²) in [5, 5.41) is 2.96. The predicted molar refractivity (Wildman–Crippen MR) is 92.6 cm³/mol. The molecule has 1 amide bonds. The number of esters is 1. The largest absolute Gasteiger partial charge is 0.469 e. The number of nitrogens with one attached hydrogen (secondary N) is 2. The quantitative estimate of drug-likeness (QED) is 0.736. The fraction of sp³-hybridized carbons (Fsp3) is 0.889. The van der Waals surface area contributed by atoms with Crippen molar-refractivity contribution >= 4 is 12.1 Å². The Morgan fingerprint density at radius 3 is 2.44 bits per heavy atom. The van der Waals surface area contributed by atoms with Crippen LogP contribution in [0.15, 0.2) is 0 Å². The monoisotopic (exact) mass is 356 g/mol. The van der Waals surface area contributed by atoms with Crippen LogP contribution in [0.3, 0.4) is 0 Å². The highest BCUT2D eigenvalue weighted by Gasteiger charge is 2.56. The highest BCUT2D eigenvalue weighted by molar-refractivity contribution is 5.74. The molecule has 2 rings (SSSR count). The van der Waals surface area contributed by atoms with Gasteiger partial charge in [0.05, 0.1) is 19.1 Å². The summed E-state index contributed by atoms with van der Waals surface area (Å²) >= 11 is 0. The van der Waals surface area contributed by atoms with E-state index < -0.39 is 11.7 Å². The standard InChI is InChI=1S/C18H32N2O5/c1-7-10(8-2)14-13-12(19-17(22)24-18(3,4)5)9-11(16(21)23-6)15(13)25-20-14/h10-15,20H,7-9H2,1-6H3,(H,19,22)/t11-,12+,13+,14?,15+/m0/s1. The number of rotatable bonds is 5. The number of hydrogen-bond acceptors (Lipinski definition) is 6. The maximum Gasteiger partial charge on any atom is 0.407 e. The summed E-state index contributed by atoms with van der Waals surface area (Å²) in [6.45, 7) is 9.77. The summed E-state index contributed by atoms with van der Waals surface area (Å²) in [5.74, 6) is -0.256. The van der Waals surface area contributed by atoms with Crippen LogP contribution in [-0.4, -0.2) is 43.0 Å². The Morgan fingerprint density at radius 1 is 1.28 bits per heavy atom. The van der Waals surface area contributed by atoms with Gasteiger partial charge in [-0.05, 0) is 33.1 Å². The van der Waals surface area contributed by atoms with Gasteiger partial charge in [0.2, 0.25) is 0 Å². The number of hydrogen-bond donors (Lipinski definition) is 2. The Bertz CT molecular complexity index is 486. The van der Waals surface area contributed by atoms with E-state index >= 15 is 0 Å². The van der Waals surface area contributed by atoms with E-state index in [9.17, 15) is 9.59 Å². The van der Waals surface area contributed by atoms with E-state index in [1.807, 2.05) is 20.8 Å². The van der Waals surface area contributed by atoms with Gasteiger partial charge in [-0.2, -0.15) is 5.48 Å². The van der Waals surface area contributed by atoms with E-state index in [1.54, 1.807) is 0 Å². The van der Waals surface area contributed by atoms with Gasteiger partial charge in [0.25, 0.3) is 0 Å². The van der Waals surface area contributed by atoms with Crippen LogP contribution >= 0.6 is 0 Å². The van der Waals surface area contributed by atoms with Crippen LogP contribution < -0.4 is 10.8 Å². The average Bonchev–Trinajstić information content (AvgIpc) is 3.08. The van der Waals surface area contributed by atoms with Gasteiger partial charge in [0.15, 0.2) is 0 Å². The third-order valence-corrected chi connectivity index (χ3v) is 5.27. The molecular weight excluding hydrogens is 324 g/mol.